The van der Waals surface area contributed by atoms with Crippen molar-refractivity contribution in [2.45, 2.75) is 25.2 Å². The predicted octanol–water partition coefficient (Wildman–Crippen LogP) is 2.70. The van der Waals surface area contributed by atoms with Crippen LogP contribution in [0.3, 0.4) is 0 Å². The number of hydrogen-bond donors (Lipinski definition) is 1. The van der Waals surface area contributed by atoms with Crippen molar-refractivity contribution in [2.24, 2.45) is 5.92 Å². The van der Waals surface area contributed by atoms with Crippen molar-refractivity contribution in [3.8, 4) is 0 Å². The highest BCUT2D eigenvalue weighted by molar-refractivity contribution is 5.22. The molecule has 76 valence electrons. The minimum Gasteiger partial charge on any atom is -0.396 e. The molecule has 1 aromatic rings. The lowest BCUT2D eigenvalue weighted by atomic mass is 9.73. The molecule has 0 aliphatic heterocycles. The summed E-state index contributed by atoms with van der Waals surface area (Å²) in [6.45, 7) is 0.133. The molecule has 1 aliphatic carbocycles. The van der Waals surface area contributed by atoms with Crippen LogP contribution in [0.25, 0.3) is 0 Å². The molecule has 0 spiro atoms. The van der Waals surface area contributed by atoms with E-state index in [4.69, 9.17) is 0 Å². The number of aliphatic hydroxyl groups excluding tert-OH is 1. The van der Waals surface area contributed by atoms with E-state index in [1.54, 1.807) is 12.1 Å². The molecule has 1 saturated carbocycles. The summed E-state index contributed by atoms with van der Waals surface area (Å²) in [5, 5.41) is 9.28. The van der Waals surface area contributed by atoms with Gasteiger partial charge in [-0.05, 0) is 36.5 Å². The SMILES string of the molecule is OCC(c1cccc(F)c1)C1CCC1. The molecule has 1 unspecified atom stereocenters. The Kier molecular flexibility index (Phi) is 2.82. The Morgan fingerprint density at radius 2 is 2.21 bits per heavy atom. The van der Waals surface area contributed by atoms with Crippen LogP contribution >= 0.6 is 0 Å². The summed E-state index contributed by atoms with van der Waals surface area (Å²) in [4.78, 5) is 0. The van der Waals surface area contributed by atoms with E-state index in [9.17, 15) is 9.50 Å². The van der Waals surface area contributed by atoms with E-state index in [2.05, 4.69) is 0 Å². The number of aliphatic hydroxyl groups is 1. The zero-order valence-electron chi connectivity index (χ0n) is 8.12. The molecular weight excluding hydrogens is 179 g/mol. The van der Waals surface area contributed by atoms with Crippen molar-refractivity contribution in [3.05, 3.63) is 35.6 Å². The van der Waals surface area contributed by atoms with E-state index in [1.165, 1.54) is 25.3 Å². The fourth-order valence-corrected chi connectivity index (χ4v) is 2.11. The van der Waals surface area contributed by atoms with Crippen LogP contribution in [0.15, 0.2) is 24.3 Å². The topological polar surface area (TPSA) is 20.2 Å². The highest BCUT2D eigenvalue weighted by Gasteiger charge is 2.27. The molecule has 0 radical (unpaired) electrons. The van der Waals surface area contributed by atoms with Crippen LogP contribution in [0.5, 0.6) is 0 Å². The van der Waals surface area contributed by atoms with Crippen molar-refractivity contribution < 1.29 is 9.50 Å². The summed E-state index contributed by atoms with van der Waals surface area (Å²) in [6.07, 6.45) is 3.58. The Labute approximate surface area is 83.6 Å². The third kappa shape index (κ3) is 1.80. The highest BCUT2D eigenvalue weighted by atomic mass is 19.1. The van der Waals surface area contributed by atoms with Gasteiger partial charge in [-0.3, -0.25) is 0 Å². The second-order valence-corrected chi connectivity index (χ2v) is 4.04. The van der Waals surface area contributed by atoms with Gasteiger partial charge in [0.25, 0.3) is 0 Å². The number of rotatable bonds is 3. The standard InChI is InChI=1S/C12H15FO/c13-11-6-2-5-10(7-11)12(8-14)9-3-1-4-9/h2,5-7,9,12,14H,1,3-4,8H2. The van der Waals surface area contributed by atoms with E-state index in [0.717, 1.165) is 5.56 Å². The molecule has 14 heavy (non-hydrogen) atoms. The van der Waals surface area contributed by atoms with Gasteiger partial charge in [-0.25, -0.2) is 4.39 Å². The molecule has 0 aromatic heterocycles. The van der Waals surface area contributed by atoms with Crippen molar-refractivity contribution in [2.75, 3.05) is 6.61 Å². The Bertz CT molecular complexity index is 307. The van der Waals surface area contributed by atoms with E-state index < -0.39 is 0 Å². The summed E-state index contributed by atoms with van der Waals surface area (Å²) in [7, 11) is 0. The van der Waals surface area contributed by atoms with Gasteiger partial charge in [0.1, 0.15) is 5.82 Å². The summed E-state index contributed by atoms with van der Waals surface area (Å²) < 4.78 is 13.0. The summed E-state index contributed by atoms with van der Waals surface area (Å²) in [6, 6.07) is 6.60. The maximum atomic E-state index is 13.0. The molecule has 1 N–H and O–H groups in total. The van der Waals surface area contributed by atoms with Crippen LogP contribution in [0, 0.1) is 11.7 Å². The molecule has 0 amide bonds. The summed E-state index contributed by atoms with van der Waals surface area (Å²) >= 11 is 0. The van der Waals surface area contributed by atoms with E-state index in [0.29, 0.717) is 5.92 Å². The second-order valence-electron chi connectivity index (χ2n) is 4.04. The van der Waals surface area contributed by atoms with Crippen molar-refractivity contribution in [1.29, 1.82) is 0 Å². The molecule has 1 nitrogen and oxygen atoms in total. The van der Waals surface area contributed by atoms with Gasteiger partial charge in [0, 0.05) is 5.92 Å². The fourth-order valence-electron chi connectivity index (χ4n) is 2.11. The van der Waals surface area contributed by atoms with Gasteiger partial charge in [0.05, 0.1) is 6.61 Å². The number of benzene rings is 1. The third-order valence-corrected chi connectivity index (χ3v) is 3.19. The maximum Gasteiger partial charge on any atom is 0.123 e. The zero-order valence-corrected chi connectivity index (χ0v) is 8.12. The first-order chi connectivity index (χ1) is 6.81. The Balaban J connectivity index is 2.17. The summed E-state index contributed by atoms with van der Waals surface area (Å²) in [5.74, 6) is 0.488. The molecule has 0 heterocycles. The zero-order chi connectivity index (χ0) is 9.97. The lowest BCUT2D eigenvalue weighted by molar-refractivity contribution is 0.173. The van der Waals surface area contributed by atoms with E-state index in [1.807, 2.05) is 6.07 Å². The fraction of sp³-hybridized carbons (Fsp3) is 0.500. The first-order valence-corrected chi connectivity index (χ1v) is 5.17. The lowest BCUT2D eigenvalue weighted by Crippen LogP contribution is -2.23. The second kappa shape index (κ2) is 4.09. The maximum absolute atomic E-state index is 13.0. The summed E-state index contributed by atoms with van der Waals surface area (Å²) in [5.41, 5.74) is 0.942. The third-order valence-electron chi connectivity index (χ3n) is 3.19. The molecule has 2 rings (SSSR count). The highest BCUT2D eigenvalue weighted by Crippen LogP contribution is 2.38. The van der Waals surface area contributed by atoms with Crippen molar-refractivity contribution in [1.82, 2.24) is 0 Å². The van der Waals surface area contributed by atoms with E-state index >= 15 is 0 Å². The molecule has 1 aliphatic rings. The minimum atomic E-state index is -0.208. The lowest BCUT2D eigenvalue weighted by Gasteiger charge is -2.32. The van der Waals surface area contributed by atoms with Crippen LogP contribution < -0.4 is 0 Å². The first-order valence-electron chi connectivity index (χ1n) is 5.17. The predicted molar refractivity (Wildman–Crippen MR) is 53.6 cm³/mol. The normalized spacial score (nSPS) is 19.0. The van der Waals surface area contributed by atoms with Gasteiger partial charge in [0.2, 0.25) is 0 Å². The van der Waals surface area contributed by atoms with Crippen LogP contribution in [0.2, 0.25) is 0 Å². The number of halogens is 1. The number of hydrogen-bond acceptors (Lipinski definition) is 1. The molecule has 0 bridgehead atoms. The smallest absolute Gasteiger partial charge is 0.123 e. The molecule has 2 heteroatoms. The minimum absolute atomic E-state index is 0.133. The van der Waals surface area contributed by atoms with Gasteiger partial charge >= 0.3 is 0 Å². The van der Waals surface area contributed by atoms with Crippen LogP contribution in [-0.4, -0.2) is 11.7 Å². The molecule has 1 fully saturated rings. The Hall–Kier alpha value is -0.890. The average molecular weight is 194 g/mol. The quantitative estimate of drug-likeness (QED) is 0.784. The van der Waals surface area contributed by atoms with Gasteiger partial charge in [-0.1, -0.05) is 18.6 Å². The average Bonchev–Trinajstić information content (AvgIpc) is 2.10. The van der Waals surface area contributed by atoms with Gasteiger partial charge in [0.15, 0.2) is 0 Å². The Morgan fingerprint density at radius 3 is 2.71 bits per heavy atom. The van der Waals surface area contributed by atoms with Gasteiger partial charge in [-0.2, -0.15) is 0 Å². The monoisotopic (exact) mass is 194 g/mol. The largest absolute Gasteiger partial charge is 0.396 e. The molecular formula is C12H15FO. The molecule has 1 aromatic carbocycles. The van der Waals surface area contributed by atoms with Crippen molar-refractivity contribution in [3.63, 3.8) is 0 Å². The van der Waals surface area contributed by atoms with Gasteiger partial charge < -0.3 is 5.11 Å². The molecule has 0 saturated heterocycles. The van der Waals surface area contributed by atoms with Crippen LogP contribution in [0.4, 0.5) is 4.39 Å². The Morgan fingerprint density at radius 1 is 1.43 bits per heavy atom. The first kappa shape index (κ1) is 9.66. The molecule has 1 atom stereocenters. The van der Waals surface area contributed by atoms with Crippen molar-refractivity contribution >= 4 is 0 Å². The van der Waals surface area contributed by atoms with Crippen LogP contribution in [-0.2, 0) is 0 Å². The van der Waals surface area contributed by atoms with Crippen LogP contribution in [0.1, 0.15) is 30.7 Å². The van der Waals surface area contributed by atoms with Gasteiger partial charge in [-0.15, -0.1) is 0 Å². The van der Waals surface area contributed by atoms with E-state index in [-0.39, 0.29) is 18.3 Å².